The van der Waals surface area contributed by atoms with Crippen LogP contribution in [-0.2, 0) is 15.6 Å². The SMILES string of the molecule is COc1ccc(C2(C(=O)Nc3ccc4[nH]c(C(C)(C)C)cc4c3)CC2)cc1Cl.[HH]. The van der Waals surface area contributed by atoms with Crippen LogP contribution >= 0.6 is 11.6 Å². The fraction of sp³-hybridized carbons (Fsp3) is 0.348. The number of amides is 1. The second-order valence-electron chi connectivity index (χ2n) is 8.62. The van der Waals surface area contributed by atoms with Gasteiger partial charge in [0.05, 0.1) is 17.5 Å². The van der Waals surface area contributed by atoms with Gasteiger partial charge in [0, 0.05) is 29.1 Å². The number of carbonyl (C=O) groups is 1. The van der Waals surface area contributed by atoms with Gasteiger partial charge in [-0.1, -0.05) is 38.4 Å². The minimum absolute atomic E-state index is 0. The van der Waals surface area contributed by atoms with E-state index in [1.54, 1.807) is 7.11 Å². The quantitative estimate of drug-likeness (QED) is 0.562. The van der Waals surface area contributed by atoms with Gasteiger partial charge in [0.15, 0.2) is 0 Å². The van der Waals surface area contributed by atoms with Crippen molar-refractivity contribution >= 4 is 34.1 Å². The molecule has 2 N–H and O–H groups in total. The van der Waals surface area contributed by atoms with Crippen molar-refractivity contribution in [1.82, 2.24) is 4.98 Å². The Morgan fingerprint density at radius 2 is 1.93 bits per heavy atom. The van der Waals surface area contributed by atoms with Gasteiger partial charge in [-0.15, -0.1) is 0 Å². The van der Waals surface area contributed by atoms with Gasteiger partial charge < -0.3 is 15.0 Å². The molecule has 5 heteroatoms. The van der Waals surface area contributed by atoms with E-state index in [1.807, 2.05) is 36.4 Å². The normalized spacial score (nSPS) is 15.5. The number of methoxy groups -OCH3 is 1. The fourth-order valence-electron chi connectivity index (χ4n) is 3.60. The minimum atomic E-state index is -0.500. The van der Waals surface area contributed by atoms with E-state index in [-0.39, 0.29) is 12.7 Å². The highest BCUT2D eigenvalue weighted by Crippen LogP contribution is 2.50. The summed E-state index contributed by atoms with van der Waals surface area (Å²) in [6.45, 7) is 6.53. The summed E-state index contributed by atoms with van der Waals surface area (Å²) >= 11 is 6.27. The van der Waals surface area contributed by atoms with Crippen LogP contribution in [0.1, 0.15) is 46.3 Å². The number of aromatic amines is 1. The maximum Gasteiger partial charge on any atom is 0.235 e. The number of aromatic nitrogens is 1. The molecule has 0 bridgehead atoms. The van der Waals surface area contributed by atoms with Gasteiger partial charge in [-0.2, -0.15) is 0 Å². The average Bonchev–Trinajstić information content (AvgIpc) is 3.34. The zero-order valence-corrected chi connectivity index (χ0v) is 17.4. The summed E-state index contributed by atoms with van der Waals surface area (Å²) < 4.78 is 5.22. The van der Waals surface area contributed by atoms with Crippen LogP contribution in [0.4, 0.5) is 5.69 Å². The maximum atomic E-state index is 13.1. The lowest BCUT2D eigenvalue weighted by Gasteiger charge is -2.17. The van der Waals surface area contributed by atoms with E-state index in [0.717, 1.165) is 35.0 Å². The summed E-state index contributed by atoms with van der Waals surface area (Å²) in [6.07, 6.45) is 1.64. The standard InChI is InChI=1S/C23H25ClN2O2.H2/c1-22(2,3)20-12-14-11-16(6-7-18(14)26-20)25-21(27)23(9-10-23)15-5-8-19(28-4)17(24)13-15;/h5-8,11-13,26H,9-10H2,1-4H3,(H,25,27);1H. The first-order valence-corrected chi connectivity index (χ1v) is 9.89. The molecule has 28 heavy (non-hydrogen) atoms. The van der Waals surface area contributed by atoms with Crippen LogP contribution in [0.25, 0.3) is 10.9 Å². The Kier molecular flexibility index (Phi) is 4.42. The van der Waals surface area contributed by atoms with Crippen LogP contribution in [0, 0.1) is 0 Å². The molecular weight excluding hydrogens is 372 g/mol. The van der Waals surface area contributed by atoms with E-state index in [4.69, 9.17) is 16.3 Å². The molecule has 0 radical (unpaired) electrons. The molecule has 1 aliphatic carbocycles. The highest BCUT2D eigenvalue weighted by Gasteiger charge is 2.51. The summed E-state index contributed by atoms with van der Waals surface area (Å²) in [4.78, 5) is 16.5. The van der Waals surface area contributed by atoms with E-state index in [0.29, 0.717) is 10.8 Å². The first kappa shape index (κ1) is 18.9. The number of hydrogen-bond acceptors (Lipinski definition) is 2. The van der Waals surface area contributed by atoms with E-state index in [9.17, 15) is 4.79 Å². The number of hydrogen-bond donors (Lipinski definition) is 2. The number of ether oxygens (including phenoxy) is 1. The second-order valence-corrected chi connectivity index (χ2v) is 9.03. The Bertz CT molecular complexity index is 1060. The van der Waals surface area contributed by atoms with E-state index in [1.165, 1.54) is 5.69 Å². The Morgan fingerprint density at radius 3 is 2.54 bits per heavy atom. The highest BCUT2D eigenvalue weighted by molar-refractivity contribution is 6.32. The molecule has 0 spiro atoms. The zero-order chi connectivity index (χ0) is 20.1. The smallest absolute Gasteiger partial charge is 0.235 e. The summed E-state index contributed by atoms with van der Waals surface area (Å²) in [5.74, 6) is 0.633. The van der Waals surface area contributed by atoms with Crippen molar-refractivity contribution in [3.05, 3.63) is 58.7 Å². The molecule has 1 saturated carbocycles. The van der Waals surface area contributed by atoms with Crippen LogP contribution in [0.15, 0.2) is 42.5 Å². The predicted octanol–water partition coefficient (Wildman–Crippen LogP) is 6.04. The van der Waals surface area contributed by atoms with Crippen LogP contribution in [0.5, 0.6) is 5.75 Å². The molecule has 0 unspecified atom stereocenters. The van der Waals surface area contributed by atoms with Gasteiger partial charge in [-0.3, -0.25) is 4.79 Å². The number of rotatable bonds is 4. The van der Waals surface area contributed by atoms with Crippen molar-refractivity contribution in [3.63, 3.8) is 0 Å². The van der Waals surface area contributed by atoms with Gasteiger partial charge in [0.25, 0.3) is 0 Å². The largest absolute Gasteiger partial charge is 0.495 e. The van der Waals surface area contributed by atoms with Crippen molar-refractivity contribution in [3.8, 4) is 5.75 Å². The number of nitrogens with one attached hydrogen (secondary N) is 2. The lowest BCUT2D eigenvalue weighted by atomic mass is 9.92. The van der Waals surface area contributed by atoms with Crippen molar-refractivity contribution in [2.75, 3.05) is 12.4 Å². The van der Waals surface area contributed by atoms with Crippen LogP contribution in [-0.4, -0.2) is 18.0 Å². The number of carbonyl (C=O) groups excluding carboxylic acids is 1. The molecule has 1 fully saturated rings. The van der Waals surface area contributed by atoms with Crippen molar-refractivity contribution in [2.45, 2.75) is 44.4 Å². The zero-order valence-electron chi connectivity index (χ0n) is 16.7. The van der Waals surface area contributed by atoms with E-state index < -0.39 is 5.41 Å². The summed E-state index contributed by atoms with van der Waals surface area (Å²) in [6, 6.07) is 13.7. The molecule has 1 amide bonds. The molecule has 3 aromatic rings. The van der Waals surface area contributed by atoms with E-state index in [2.05, 4.69) is 37.1 Å². The lowest BCUT2D eigenvalue weighted by molar-refractivity contribution is -0.118. The number of halogens is 1. The number of benzene rings is 2. The average molecular weight is 399 g/mol. The number of H-pyrrole nitrogens is 1. The maximum absolute atomic E-state index is 13.1. The van der Waals surface area contributed by atoms with Crippen molar-refractivity contribution in [2.24, 2.45) is 0 Å². The molecule has 0 aliphatic heterocycles. The molecular formula is C23H27ClN2O2. The van der Waals surface area contributed by atoms with Gasteiger partial charge in [-0.05, 0) is 54.8 Å². The molecule has 0 atom stereocenters. The third kappa shape index (κ3) is 3.26. The molecule has 148 valence electrons. The van der Waals surface area contributed by atoms with Crippen molar-refractivity contribution < 1.29 is 11.0 Å². The summed E-state index contributed by atoms with van der Waals surface area (Å²) in [5.41, 5.74) is 3.55. The molecule has 2 aromatic carbocycles. The van der Waals surface area contributed by atoms with Crippen molar-refractivity contribution in [1.29, 1.82) is 0 Å². The molecule has 0 saturated heterocycles. The molecule has 4 nitrogen and oxygen atoms in total. The lowest BCUT2D eigenvalue weighted by Crippen LogP contribution is -2.27. The van der Waals surface area contributed by atoms with Gasteiger partial charge >= 0.3 is 0 Å². The third-order valence-electron chi connectivity index (χ3n) is 5.58. The van der Waals surface area contributed by atoms with Crippen LogP contribution in [0.2, 0.25) is 5.02 Å². The highest BCUT2D eigenvalue weighted by atomic mass is 35.5. The molecule has 1 heterocycles. The van der Waals surface area contributed by atoms with Gasteiger partial charge in [-0.25, -0.2) is 0 Å². The Labute approximate surface area is 171 Å². The molecule has 4 rings (SSSR count). The van der Waals surface area contributed by atoms with Crippen LogP contribution in [0.3, 0.4) is 0 Å². The second kappa shape index (κ2) is 6.56. The molecule has 1 aromatic heterocycles. The third-order valence-corrected chi connectivity index (χ3v) is 5.87. The van der Waals surface area contributed by atoms with Crippen LogP contribution < -0.4 is 10.1 Å². The Hall–Kier alpha value is -2.46. The summed E-state index contributed by atoms with van der Waals surface area (Å²) in [7, 11) is 1.59. The van der Waals surface area contributed by atoms with Gasteiger partial charge in [0.2, 0.25) is 5.91 Å². The topological polar surface area (TPSA) is 54.1 Å². The summed E-state index contributed by atoms with van der Waals surface area (Å²) in [5, 5.41) is 4.73. The number of fused-ring (bicyclic) bond motifs is 1. The Balaban J connectivity index is 0.00000240. The van der Waals surface area contributed by atoms with Gasteiger partial charge in [0.1, 0.15) is 5.75 Å². The fourth-order valence-corrected chi connectivity index (χ4v) is 3.86. The molecule has 1 aliphatic rings. The number of anilines is 1. The first-order chi connectivity index (χ1) is 13.2. The minimum Gasteiger partial charge on any atom is -0.495 e. The first-order valence-electron chi connectivity index (χ1n) is 9.52. The monoisotopic (exact) mass is 398 g/mol. The Morgan fingerprint density at radius 1 is 1.18 bits per heavy atom. The predicted molar refractivity (Wildman–Crippen MR) is 117 cm³/mol. The van der Waals surface area contributed by atoms with E-state index >= 15 is 0 Å².